The van der Waals surface area contributed by atoms with E-state index < -0.39 is 0 Å². The van der Waals surface area contributed by atoms with Gasteiger partial charge in [-0.25, -0.2) is 15.0 Å². The monoisotopic (exact) mass is 735 g/mol. The summed E-state index contributed by atoms with van der Waals surface area (Å²) in [6, 6.07) is 58.2. The molecule has 0 saturated carbocycles. The van der Waals surface area contributed by atoms with E-state index in [9.17, 15) is 0 Å². The minimum atomic E-state index is 0.597. The van der Waals surface area contributed by atoms with E-state index in [1.165, 1.54) is 53.2 Å². The van der Waals surface area contributed by atoms with Crippen molar-refractivity contribution in [3.8, 4) is 56.4 Å². The molecule has 3 aromatic heterocycles. The molecule has 0 bridgehead atoms. The van der Waals surface area contributed by atoms with Gasteiger partial charge in [0.15, 0.2) is 17.5 Å². The van der Waals surface area contributed by atoms with Gasteiger partial charge in [-0.2, -0.15) is 0 Å². The van der Waals surface area contributed by atoms with Crippen molar-refractivity contribution in [2.45, 2.75) is 13.8 Å². The molecule has 11 aromatic rings. The molecule has 0 fully saturated rings. The van der Waals surface area contributed by atoms with Crippen molar-refractivity contribution in [3.05, 3.63) is 175 Å². The largest absolute Gasteiger partial charge is 0.456 e. The van der Waals surface area contributed by atoms with Gasteiger partial charge in [-0.3, -0.25) is 0 Å². The quantitative estimate of drug-likeness (QED) is 0.177. The van der Waals surface area contributed by atoms with E-state index in [1.54, 1.807) is 11.3 Å². The van der Waals surface area contributed by atoms with E-state index in [4.69, 9.17) is 19.4 Å². The van der Waals surface area contributed by atoms with Crippen LogP contribution in [0.4, 0.5) is 0 Å². The average molecular weight is 736 g/mol. The highest BCUT2D eigenvalue weighted by Crippen LogP contribution is 2.38. The van der Waals surface area contributed by atoms with Gasteiger partial charge in [-0.15, -0.1) is 11.3 Å². The molecule has 8 aromatic carbocycles. The molecule has 0 amide bonds. The molecule has 0 atom stereocenters. The molecule has 11 rings (SSSR count). The summed E-state index contributed by atoms with van der Waals surface area (Å²) in [4.78, 5) is 15.4. The number of nitrogens with zero attached hydrogens (tertiary/aromatic N) is 3. The van der Waals surface area contributed by atoms with E-state index in [2.05, 4.69) is 153 Å². The highest BCUT2D eigenvalue weighted by Gasteiger charge is 2.17. The van der Waals surface area contributed by atoms with Crippen LogP contribution in [0.5, 0.6) is 0 Å². The minimum absolute atomic E-state index is 0.597. The zero-order valence-electron chi connectivity index (χ0n) is 30.7. The summed E-state index contributed by atoms with van der Waals surface area (Å²) < 4.78 is 8.76. The summed E-state index contributed by atoms with van der Waals surface area (Å²) in [6.45, 7) is 4.31. The van der Waals surface area contributed by atoms with Gasteiger partial charge < -0.3 is 4.42 Å². The Morgan fingerprint density at radius 1 is 0.357 bits per heavy atom. The standard InChI is InChI=1S/C51H33N3OS/c1-30-22-31(2)24-40(23-30)36-17-16-34-25-33(14-15-35(34)26-36)32-8-7-9-37(27-32)49-52-50(38-18-20-42-41-10-3-5-12-45(41)55-46(42)28-38)54-51(53-49)39-19-21-44-43-11-4-6-13-47(43)56-48(44)29-39/h3-29H,1-2H3. The molecule has 0 N–H and O–H groups in total. The van der Waals surface area contributed by atoms with Gasteiger partial charge in [-0.05, 0) is 95.4 Å². The number of hydrogen-bond acceptors (Lipinski definition) is 5. The van der Waals surface area contributed by atoms with Crippen LogP contribution in [0.25, 0.3) is 109 Å². The lowest BCUT2D eigenvalue weighted by atomic mass is 9.96. The third-order valence-electron chi connectivity index (χ3n) is 10.8. The molecule has 3 heterocycles. The second kappa shape index (κ2) is 12.8. The van der Waals surface area contributed by atoms with Crippen LogP contribution in [-0.2, 0) is 0 Å². The zero-order chi connectivity index (χ0) is 37.3. The Bertz CT molecular complexity index is 3200. The van der Waals surface area contributed by atoms with Crippen molar-refractivity contribution in [2.75, 3.05) is 0 Å². The van der Waals surface area contributed by atoms with E-state index in [0.717, 1.165) is 49.8 Å². The smallest absolute Gasteiger partial charge is 0.164 e. The first-order valence-corrected chi connectivity index (χ1v) is 19.6. The van der Waals surface area contributed by atoms with Crippen molar-refractivity contribution in [1.82, 2.24) is 15.0 Å². The van der Waals surface area contributed by atoms with Gasteiger partial charge in [0, 0.05) is 47.6 Å². The Morgan fingerprint density at radius 2 is 0.893 bits per heavy atom. The maximum absolute atomic E-state index is 6.29. The van der Waals surface area contributed by atoms with E-state index in [0.29, 0.717) is 17.5 Å². The van der Waals surface area contributed by atoms with Crippen LogP contribution in [0.2, 0.25) is 0 Å². The molecule has 5 heteroatoms. The SMILES string of the molecule is Cc1cc(C)cc(-c2ccc3cc(-c4cccc(-c5nc(-c6ccc7c(c6)oc6ccccc67)nc(-c6ccc7c(c6)sc6ccccc67)n5)c4)ccc3c2)c1. The first-order chi connectivity index (χ1) is 27.5. The second-order valence-corrected chi connectivity index (χ2v) is 15.7. The number of benzene rings is 8. The fourth-order valence-electron chi connectivity index (χ4n) is 8.08. The summed E-state index contributed by atoms with van der Waals surface area (Å²) in [6.07, 6.45) is 0. The third kappa shape index (κ3) is 5.64. The Hall–Kier alpha value is -6.95. The molecule has 264 valence electrons. The normalized spacial score (nSPS) is 11.8. The van der Waals surface area contributed by atoms with Crippen molar-refractivity contribution in [2.24, 2.45) is 0 Å². The number of thiophene rings is 1. The summed E-state index contributed by atoms with van der Waals surface area (Å²) in [5, 5.41) is 7.08. The molecule has 0 saturated heterocycles. The lowest BCUT2D eigenvalue weighted by molar-refractivity contribution is 0.669. The van der Waals surface area contributed by atoms with Crippen molar-refractivity contribution in [3.63, 3.8) is 0 Å². The number of hydrogen-bond donors (Lipinski definition) is 0. The number of para-hydroxylation sites is 1. The predicted molar refractivity (Wildman–Crippen MR) is 234 cm³/mol. The molecule has 0 unspecified atom stereocenters. The Morgan fingerprint density at radius 3 is 1.64 bits per heavy atom. The molecule has 0 aliphatic heterocycles. The summed E-state index contributed by atoms with van der Waals surface area (Å²) in [5.74, 6) is 1.84. The summed E-state index contributed by atoms with van der Waals surface area (Å²) in [7, 11) is 0. The Balaban J connectivity index is 1.02. The van der Waals surface area contributed by atoms with E-state index in [-0.39, 0.29) is 0 Å². The molecule has 0 aliphatic carbocycles. The molecular weight excluding hydrogens is 703 g/mol. The fraction of sp³-hybridized carbons (Fsp3) is 0.0392. The highest BCUT2D eigenvalue weighted by molar-refractivity contribution is 7.25. The van der Waals surface area contributed by atoms with Crippen LogP contribution in [0.15, 0.2) is 168 Å². The average Bonchev–Trinajstić information content (AvgIpc) is 3.80. The molecule has 0 radical (unpaired) electrons. The molecular formula is C51H33N3OS. The number of furan rings is 1. The predicted octanol–water partition coefficient (Wildman–Crippen LogP) is 14.2. The number of rotatable bonds is 5. The summed E-state index contributed by atoms with van der Waals surface area (Å²) >= 11 is 1.79. The van der Waals surface area contributed by atoms with Crippen molar-refractivity contribution in [1.29, 1.82) is 0 Å². The van der Waals surface area contributed by atoms with Crippen LogP contribution >= 0.6 is 11.3 Å². The first kappa shape index (κ1) is 32.5. The van der Waals surface area contributed by atoms with Gasteiger partial charge >= 0.3 is 0 Å². The molecule has 4 nitrogen and oxygen atoms in total. The molecule has 0 aliphatic rings. The van der Waals surface area contributed by atoms with Crippen LogP contribution in [0, 0.1) is 13.8 Å². The van der Waals surface area contributed by atoms with Crippen molar-refractivity contribution >= 4 is 64.2 Å². The minimum Gasteiger partial charge on any atom is -0.456 e. The van der Waals surface area contributed by atoms with E-state index in [1.807, 2.05) is 24.3 Å². The topological polar surface area (TPSA) is 51.8 Å². The summed E-state index contributed by atoms with van der Waals surface area (Å²) in [5.41, 5.74) is 11.7. The number of fused-ring (bicyclic) bond motifs is 7. The molecule has 0 spiro atoms. The number of aryl methyl sites for hydroxylation is 2. The maximum Gasteiger partial charge on any atom is 0.164 e. The number of aromatic nitrogens is 3. The molecule has 56 heavy (non-hydrogen) atoms. The lowest BCUT2D eigenvalue weighted by Gasteiger charge is -2.11. The highest BCUT2D eigenvalue weighted by atomic mass is 32.1. The van der Waals surface area contributed by atoms with Crippen LogP contribution in [-0.4, -0.2) is 15.0 Å². The van der Waals surface area contributed by atoms with Crippen LogP contribution in [0.1, 0.15) is 11.1 Å². The van der Waals surface area contributed by atoms with E-state index >= 15 is 0 Å². The lowest BCUT2D eigenvalue weighted by Crippen LogP contribution is -2.00. The third-order valence-corrected chi connectivity index (χ3v) is 11.9. The van der Waals surface area contributed by atoms with Crippen LogP contribution in [0.3, 0.4) is 0 Å². The van der Waals surface area contributed by atoms with Gasteiger partial charge in [0.05, 0.1) is 0 Å². The van der Waals surface area contributed by atoms with Gasteiger partial charge in [0.2, 0.25) is 0 Å². The Kier molecular flexibility index (Phi) is 7.44. The second-order valence-electron chi connectivity index (χ2n) is 14.7. The Labute approximate surface area is 327 Å². The van der Waals surface area contributed by atoms with Gasteiger partial charge in [0.25, 0.3) is 0 Å². The van der Waals surface area contributed by atoms with Gasteiger partial charge in [0.1, 0.15) is 11.2 Å². The zero-order valence-corrected chi connectivity index (χ0v) is 31.6. The fourth-order valence-corrected chi connectivity index (χ4v) is 9.22. The van der Waals surface area contributed by atoms with Crippen molar-refractivity contribution < 1.29 is 4.42 Å². The van der Waals surface area contributed by atoms with Crippen LogP contribution < -0.4 is 0 Å². The van der Waals surface area contributed by atoms with Gasteiger partial charge in [-0.1, -0.05) is 126 Å². The maximum atomic E-state index is 6.29. The first-order valence-electron chi connectivity index (χ1n) is 18.8.